The smallest absolute Gasteiger partial charge is 0.123 e. The number of aryl methyl sites for hydroxylation is 1. The van der Waals surface area contributed by atoms with Crippen LogP contribution in [0.25, 0.3) is 0 Å². The molecule has 0 aromatic heterocycles. The zero-order chi connectivity index (χ0) is 15.6. The van der Waals surface area contributed by atoms with Gasteiger partial charge in [-0.1, -0.05) is 17.7 Å². The van der Waals surface area contributed by atoms with Gasteiger partial charge in [-0.05, 0) is 44.9 Å². The first-order chi connectivity index (χ1) is 10.6. The molecular weight excluding hydrogens is 294 g/mol. The van der Waals surface area contributed by atoms with E-state index in [4.69, 9.17) is 9.47 Å². The number of thioether (sulfide) groups is 1. The number of hydrogen-bond acceptors (Lipinski definition) is 4. The van der Waals surface area contributed by atoms with E-state index in [0.29, 0.717) is 12.1 Å². The first-order valence-corrected chi connectivity index (χ1v) is 9.40. The van der Waals surface area contributed by atoms with Crippen LogP contribution >= 0.6 is 11.8 Å². The average Bonchev–Trinajstić information content (AvgIpc) is 2.95. The molecule has 2 aliphatic rings. The Bertz CT molecular complexity index is 514. The van der Waals surface area contributed by atoms with Crippen LogP contribution < -0.4 is 10.1 Å². The lowest BCUT2D eigenvalue weighted by Crippen LogP contribution is -2.47. The molecular formula is C18H27NO2S. The molecule has 3 atom stereocenters. The number of rotatable bonds is 4. The average molecular weight is 321 g/mol. The number of benzene rings is 1. The van der Waals surface area contributed by atoms with Crippen LogP contribution in [0, 0.1) is 6.92 Å². The van der Waals surface area contributed by atoms with Crippen LogP contribution in [-0.4, -0.2) is 36.9 Å². The molecule has 3 nitrogen and oxygen atoms in total. The van der Waals surface area contributed by atoms with E-state index in [-0.39, 0.29) is 5.60 Å². The summed E-state index contributed by atoms with van der Waals surface area (Å²) in [6, 6.07) is 7.24. The van der Waals surface area contributed by atoms with Gasteiger partial charge in [0.05, 0.1) is 12.7 Å². The number of ether oxygens (including phenoxy) is 2. The van der Waals surface area contributed by atoms with E-state index < -0.39 is 0 Å². The van der Waals surface area contributed by atoms with Crippen LogP contribution in [0.1, 0.15) is 43.4 Å². The van der Waals surface area contributed by atoms with E-state index in [1.807, 2.05) is 11.8 Å². The molecule has 122 valence electrons. The van der Waals surface area contributed by atoms with Crippen LogP contribution in [0.3, 0.4) is 0 Å². The summed E-state index contributed by atoms with van der Waals surface area (Å²) in [5.41, 5.74) is 2.67. The van der Waals surface area contributed by atoms with E-state index in [9.17, 15) is 0 Å². The van der Waals surface area contributed by atoms with Gasteiger partial charge in [0, 0.05) is 30.0 Å². The lowest BCUT2D eigenvalue weighted by molar-refractivity contribution is -0.0712. The van der Waals surface area contributed by atoms with E-state index in [0.717, 1.165) is 31.0 Å². The maximum absolute atomic E-state index is 6.12. The highest BCUT2D eigenvalue weighted by atomic mass is 32.2. The summed E-state index contributed by atoms with van der Waals surface area (Å²) in [6.45, 7) is 5.26. The van der Waals surface area contributed by atoms with Crippen LogP contribution in [0.4, 0.5) is 0 Å². The van der Waals surface area contributed by atoms with Gasteiger partial charge in [-0.3, -0.25) is 0 Å². The Hall–Kier alpha value is -0.710. The van der Waals surface area contributed by atoms with E-state index >= 15 is 0 Å². The summed E-state index contributed by atoms with van der Waals surface area (Å²) < 4.78 is 11.7. The highest BCUT2D eigenvalue weighted by Crippen LogP contribution is 2.39. The molecule has 0 aliphatic carbocycles. The fourth-order valence-electron chi connectivity index (χ4n) is 3.67. The predicted octanol–water partition coefficient (Wildman–Crippen LogP) is 3.71. The Balaban J connectivity index is 1.68. The minimum atomic E-state index is 0.136. The summed E-state index contributed by atoms with van der Waals surface area (Å²) in [5.74, 6) is 3.38. The molecule has 0 unspecified atom stereocenters. The molecule has 2 saturated heterocycles. The van der Waals surface area contributed by atoms with Crippen LogP contribution in [0.15, 0.2) is 18.2 Å². The molecule has 2 fully saturated rings. The highest BCUT2D eigenvalue weighted by Gasteiger charge is 2.40. The predicted molar refractivity (Wildman–Crippen MR) is 92.9 cm³/mol. The molecule has 2 aliphatic heterocycles. The fraction of sp³-hybridized carbons (Fsp3) is 0.667. The third-order valence-corrected chi connectivity index (χ3v) is 6.12. The van der Waals surface area contributed by atoms with Crippen LogP contribution in [-0.2, 0) is 4.74 Å². The van der Waals surface area contributed by atoms with Gasteiger partial charge >= 0.3 is 0 Å². The maximum Gasteiger partial charge on any atom is 0.123 e. The Kier molecular flexibility index (Phi) is 5.00. The van der Waals surface area contributed by atoms with Gasteiger partial charge in [-0.25, -0.2) is 0 Å². The largest absolute Gasteiger partial charge is 0.496 e. The zero-order valence-corrected chi connectivity index (χ0v) is 14.7. The van der Waals surface area contributed by atoms with Crippen molar-refractivity contribution in [1.82, 2.24) is 5.32 Å². The van der Waals surface area contributed by atoms with E-state index in [1.165, 1.54) is 23.3 Å². The molecule has 0 saturated carbocycles. The summed E-state index contributed by atoms with van der Waals surface area (Å²) in [7, 11) is 1.75. The van der Waals surface area contributed by atoms with Crippen molar-refractivity contribution in [2.75, 3.05) is 25.2 Å². The Morgan fingerprint density at radius 1 is 1.45 bits per heavy atom. The maximum atomic E-state index is 6.12. The lowest BCUT2D eigenvalue weighted by Gasteiger charge is -2.39. The van der Waals surface area contributed by atoms with Gasteiger partial charge in [0.15, 0.2) is 0 Å². The lowest BCUT2D eigenvalue weighted by atomic mass is 9.89. The molecule has 1 N–H and O–H groups in total. The molecule has 2 heterocycles. The molecule has 0 amide bonds. The van der Waals surface area contributed by atoms with Gasteiger partial charge in [0.1, 0.15) is 5.75 Å². The monoisotopic (exact) mass is 321 g/mol. The van der Waals surface area contributed by atoms with Gasteiger partial charge in [-0.15, -0.1) is 0 Å². The number of hydrogen-bond donors (Lipinski definition) is 1. The Morgan fingerprint density at radius 3 is 3.05 bits per heavy atom. The first kappa shape index (κ1) is 16.2. The SMILES string of the molecule is COc1ccc(C)cc1[C@H](C)N[C@@H]1CCO[C@]2(CCSC2)C1. The summed E-state index contributed by atoms with van der Waals surface area (Å²) in [6.07, 6.45) is 3.45. The molecule has 3 rings (SSSR count). The minimum Gasteiger partial charge on any atom is -0.496 e. The van der Waals surface area contributed by atoms with Gasteiger partial charge in [-0.2, -0.15) is 11.8 Å². The topological polar surface area (TPSA) is 30.5 Å². The molecule has 1 spiro atoms. The van der Waals surface area contributed by atoms with Crippen LogP contribution in [0.5, 0.6) is 5.75 Å². The van der Waals surface area contributed by atoms with E-state index in [1.54, 1.807) is 7.11 Å². The normalized spacial score (nSPS) is 29.7. The molecule has 1 aromatic carbocycles. The van der Waals surface area contributed by atoms with Crippen molar-refractivity contribution in [2.24, 2.45) is 0 Å². The zero-order valence-electron chi connectivity index (χ0n) is 13.9. The van der Waals surface area contributed by atoms with Crippen molar-refractivity contribution in [3.05, 3.63) is 29.3 Å². The third kappa shape index (κ3) is 3.44. The van der Waals surface area contributed by atoms with Crippen molar-refractivity contribution < 1.29 is 9.47 Å². The number of nitrogens with one attached hydrogen (secondary N) is 1. The quantitative estimate of drug-likeness (QED) is 0.916. The second kappa shape index (κ2) is 6.81. The van der Waals surface area contributed by atoms with Crippen molar-refractivity contribution in [3.8, 4) is 5.75 Å². The van der Waals surface area contributed by atoms with Crippen molar-refractivity contribution in [1.29, 1.82) is 0 Å². The molecule has 22 heavy (non-hydrogen) atoms. The summed E-state index contributed by atoms with van der Waals surface area (Å²) in [4.78, 5) is 0. The third-order valence-electron chi connectivity index (χ3n) is 4.90. The number of methoxy groups -OCH3 is 1. The molecule has 4 heteroatoms. The van der Waals surface area contributed by atoms with Crippen molar-refractivity contribution in [3.63, 3.8) is 0 Å². The van der Waals surface area contributed by atoms with Crippen molar-refractivity contribution >= 4 is 11.8 Å². The van der Waals surface area contributed by atoms with E-state index in [2.05, 4.69) is 37.4 Å². The Labute approximate surface area is 138 Å². The Morgan fingerprint density at radius 2 is 2.32 bits per heavy atom. The summed E-state index contributed by atoms with van der Waals surface area (Å²) in [5, 5.41) is 3.82. The van der Waals surface area contributed by atoms with Gasteiger partial charge in [0.2, 0.25) is 0 Å². The molecule has 1 aromatic rings. The molecule has 0 bridgehead atoms. The van der Waals surface area contributed by atoms with Gasteiger partial charge < -0.3 is 14.8 Å². The first-order valence-electron chi connectivity index (χ1n) is 8.24. The fourth-order valence-corrected chi connectivity index (χ4v) is 5.05. The second-order valence-electron chi connectivity index (χ2n) is 6.66. The molecule has 0 radical (unpaired) electrons. The van der Waals surface area contributed by atoms with Gasteiger partial charge in [0.25, 0.3) is 0 Å². The standard InChI is InChI=1S/C18H27NO2S/c1-13-4-5-17(20-3)16(10-13)14(2)19-15-6-8-21-18(11-15)7-9-22-12-18/h4-5,10,14-15,19H,6-9,11-12H2,1-3H3/t14-,15+,18+/m0/s1. The minimum absolute atomic E-state index is 0.136. The highest BCUT2D eigenvalue weighted by molar-refractivity contribution is 7.99. The second-order valence-corrected chi connectivity index (χ2v) is 7.76. The van der Waals surface area contributed by atoms with Crippen LogP contribution in [0.2, 0.25) is 0 Å². The van der Waals surface area contributed by atoms with Crippen molar-refractivity contribution in [2.45, 2.75) is 50.8 Å². The summed E-state index contributed by atoms with van der Waals surface area (Å²) >= 11 is 2.03.